The fourth-order valence-electron chi connectivity index (χ4n) is 5.92. The molecule has 14 nitrogen and oxygen atoms in total. The van der Waals surface area contributed by atoms with Gasteiger partial charge in [0.05, 0.1) is 23.5 Å². The maximum atomic E-state index is 13.9. The number of carbonyl (C=O) groups excluding carboxylic acids is 4. The topological polar surface area (TPSA) is 201 Å². The van der Waals surface area contributed by atoms with Gasteiger partial charge in [0.2, 0.25) is 11.8 Å². The first-order chi connectivity index (χ1) is 26.9. The number of nitrogens with one attached hydrogen (secondary N) is 4. The number of aliphatic hydroxyl groups is 2. The van der Waals surface area contributed by atoms with Gasteiger partial charge in [0, 0.05) is 12.4 Å². The maximum Gasteiger partial charge on any atom is 0.408 e. The molecule has 0 aliphatic rings. The van der Waals surface area contributed by atoms with E-state index in [0.29, 0.717) is 11.4 Å². The number of rotatable bonds is 19. The van der Waals surface area contributed by atoms with Gasteiger partial charge in [-0.15, -0.1) is 0 Å². The number of carbonyl (C=O) groups is 4. The minimum absolute atomic E-state index is 0.101. The number of alkyl carbamates (subject to hydrolysis) is 2. The van der Waals surface area contributed by atoms with Gasteiger partial charge in [0.15, 0.2) is 0 Å². The summed E-state index contributed by atoms with van der Waals surface area (Å²) in [6, 6.07) is 24.3. The lowest BCUT2D eigenvalue weighted by atomic mass is 9.90. The molecule has 0 radical (unpaired) electrons. The molecule has 0 fully saturated rings. The highest BCUT2D eigenvalue weighted by Gasteiger charge is 2.37. The van der Waals surface area contributed by atoms with Crippen LogP contribution in [-0.2, 0) is 45.1 Å². The van der Waals surface area contributed by atoms with Gasteiger partial charge in [0.25, 0.3) is 0 Å². The smallest absolute Gasteiger partial charge is 0.408 e. The molecular formula is C42H52N6O8. The molecule has 0 saturated heterocycles. The molecule has 0 unspecified atom stereocenters. The Kier molecular flexibility index (Phi) is 16.8. The molecule has 0 aliphatic heterocycles. The van der Waals surface area contributed by atoms with Crippen molar-refractivity contribution in [2.24, 2.45) is 11.8 Å². The molecule has 0 spiro atoms. The number of benzene rings is 2. The standard InChI is InChI=1S/C42H52N6O8/c1-27(2)35(47-41(53)55-25-31-19-11-13-21-43-31)39(51)45-33(23-29-15-7-5-8-16-29)37(49)38(50)34(24-30-17-9-6-10-18-30)46-40(52)36(28(3)4)48-42(54)56-26-32-20-12-14-22-44-32/h5-22,27-28,33-38,49-50H,23-26H2,1-4H3,(H,45,51)(H,46,52)(H,47,53)(H,48,54)/t33-,34-,35-,36-,37-,38-/m0/s1. The molecule has 4 rings (SSSR count). The third kappa shape index (κ3) is 13.8. The molecule has 4 aromatic rings. The number of ether oxygens (including phenoxy) is 2. The Hall–Kier alpha value is -5.86. The zero-order valence-electron chi connectivity index (χ0n) is 32.1. The van der Waals surface area contributed by atoms with Crippen LogP contribution in [0.2, 0.25) is 0 Å². The van der Waals surface area contributed by atoms with Crippen molar-refractivity contribution < 1.29 is 38.9 Å². The second kappa shape index (κ2) is 21.9. The summed E-state index contributed by atoms with van der Waals surface area (Å²) in [7, 11) is 0. The summed E-state index contributed by atoms with van der Waals surface area (Å²) >= 11 is 0. The predicted octanol–water partition coefficient (Wildman–Crippen LogP) is 3.86. The van der Waals surface area contributed by atoms with Crippen LogP contribution in [0.15, 0.2) is 109 Å². The molecule has 2 aromatic carbocycles. The number of nitrogens with zero attached hydrogens (tertiary/aromatic N) is 2. The lowest BCUT2D eigenvalue weighted by molar-refractivity contribution is -0.129. The molecule has 0 aliphatic carbocycles. The first-order valence-electron chi connectivity index (χ1n) is 18.6. The third-order valence-electron chi connectivity index (χ3n) is 9.03. The zero-order valence-corrected chi connectivity index (χ0v) is 32.1. The highest BCUT2D eigenvalue weighted by Crippen LogP contribution is 2.17. The van der Waals surface area contributed by atoms with Gasteiger partial charge in [0.1, 0.15) is 37.5 Å². The summed E-state index contributed by atoms with van der Waals surface area (Å²) in [5.41, 5.74) is 2.57. The summed E-state index contributed by atoms with van der Waals surface area (Å²) < 4.78 is 10.6. The SMILES string of the molecule is CC(C)[C@H](NC(=O)OCc1ccccn1)C(=O)N[C@@H](Cc1ccccc1)[C@H](O)[C@@H](O)[C@H](Cc1ccccc1)NC(=O)[C@@H](NC(=O)OCc1ccccn1)C(C)C. The van der Waals surface area contributed by atoms with Crippen LogP contribution in [-0.4, -0.2) is 80.6 Å². The summed E-state index contributed by atoms with van der Waals surface area (Å²) in [6.07, 6.45) is -1.55. The summed E-state index contributed by atoms with van der Waals surface area (Å²) in [5.74, 6) is -2.01. The van der Waals surface area contributed by atoms with Crippen LogP contribution < -0.4 is 21.3 Å². The van der Waals surface area contributed by atoms with Crippen LogP contribution in [0.4, 0.5) is 9.59 Å². The number of aromatic nitrogens is 2. The van der Waals surface area contributed by atoms with Gasteiger partial charge in [-0.25, -0.2) is 9.59 Å². The average Bonchev–Trinajstić information content (AvgIpc) is 3.20. The molecule has 56 heavy (non-hydrogen) atoms. The van der Waals surface area contributed by atoms with E-state index < -0.39 is 72.2 Å². The van der Waals surface area contributed by atoms with Crippen molar-refractivity contribution in [1.29, 1.82) is 0 Å². The molecule has 4 amide bonds. The normalized spacial score (nSPS) is 14.4. The van der Waals surface area contributed by atoms with E-state index in [4.69, 9.17) is 9.47 Å². The van der Waals surface area contributed by atoms with Crippen molar-refractivity contribution in [3.63, 3.8) is 0 Å². The minimum Gasteiger partial charge on any atom is -0.443 e. The first-order valence-corrected chi connectivity index (χ1v) is 18.6. The first kappa shape index (κ1) is 42.9. The van der Waals surface area contributed by atoms with Gasteiger partial charge < -0.3 is 41.0 Å². The van der Waals surface area contributed by atoms with Gasteiger partial charge in [-0.1, -0.05) is 100 Å². The van der Waals surface area contributed by atoms with E-state index in [1.54, 1.807) is 76.5 Å². The second-order valence-corrected chi connectivity index (χ2v) is 14.1. The van der Waals surface area contributed by atoms with Crippen molar-refractivity contribution in [1.82, 2.24) is 31.2 Å². The van der Waals surface area contributed by atoms with E-state index in [1.165, 1.54) is 0 Å². The van der Waals surface area contributed by atoms with Crippen molar-refractivity contribution in [2.45, 2.75) is 90.1 Å². The Morgan fingerprint density at radius 1 is 0.536 bits per heavy atom. The van der Waals surface area contributed by atoms with Crippen LogP contribution >= 0.6 is 0 Å². The van der Waals surface area contributed by atoms with E-state index in [1.807, 2.05) is 60.7 Å². The summed E-state index contributed by atoms with van der Waals surface area (Å²) in [6.45, 7) is 6.79. The Bertz CT molecular complexity index is 1670. The van der Waals surface area contributed by atoms with Crippen LogP contribution in [0.25, 0.3) is 0 Å². The van der Waals surface area contributed by atoms with E-state index in [-0.39, 0.29) is 26.1 Å². The van der Waals surface area contributed by atoms with Crippen LogP contribution in [0, 0.1) is 11.8 Å². The van der Waals surface area contributed by atoms with E-state index in [2.05, 4.69) is 31.2 Å². The van der Waals surface area contributed by atoms with E-state index in [9.17, 15) is 29.4 Å². The molecule has 0 saturated carbocycles. The molecule has 2 heterocycles. The van der Waals surface area contributed by atoms with Crippen molar-refractivity contribution in [2.75, 3.05) is 0 Å². The predicted molar refractivity (Wildman–Crippen MR) is 209 cm³/mol. The van der Waals surface area contributed by atoms with Crippen LogP contribution in [0.5, 0.6) is 0 Å². The molecule has 6 N–H and O–H groups in total. The Labute approximate surface area is 327 Å². The Morgan fingerprint density at radius 3 is 1.21 bits per heavy atom. The number of hydrogen-bond acceptors (Lipinski definition) is 10. The zero-order chi connectivity index (χ0) is 40.5. The van der Waals surface area contributed by atoms with Gasteiger partial charge in [-0.3, -0.25) is 19.6 Å². The largest absolute Gasteiger partial charge is 0.443 e. The molecule has 6 atom stereocenters. The Balaban J connectivity index is 1.53. The number of amides is 4. The molecule has 298 valence electrons. The number of aliphatic hydroxyl groups excluding tert-OH is 2. The quantitative estimate of drug-likeness (QED) is 0.0814. The average molecular weight is 769 g/mol. The lowest BCUT2D eigenvalue weighted by Crippen LogP contribution is -2.61. The molecule has 0 bridgehead atoms. The van der Waals surface area contributed by atoms with Gasteiger partial charge >= 0.3 is 12.2 Å². The van der Waals surface area contributed by atoms with E-state index in [0.717, 1.165) is 11.1 Å². The van der Waals surface area contributed by atoms with Crippen LogP contribution in [0.3, 0.4) is 0 Å². The van der Waals surface area contributed by atoms with Gasteiger partial charge in [-0.2, -0.15) is 0 Å². The summed E-state index contributed by atoms with van der Waals surface area (Å²) in [4.78, 5) is 61.6. The second-order valence-electron chi connectivity index (χ2n) is 14.1. The Morgan fingerprint density at radius 2 is 0.893 bits per heavy atom. The fraction of sp³-hybridized carbons (Fsp3) is 0.381. The van der Waals surface area contributed by atoms with Gasteiger partial charge in [-0.05, 0) is 60.1 Å². The highest BCUT2D eigenvalue weighted by atomic mass is 16.6. The van der Waals surface area contributed by atoms with Crippen molar-refractivity contribution in [3.8, 4) is 0 Å². The molecule has 14 heteroatoms. The van der Waals surface area contributed by atoms with E-state index >= 15 is 0 Å². The monoisotopic (exact) mass is 768 g/mol. The fourth-order valence-corrected chi connectivity index (χ4v) is 5.92. The maximum absolute atomic E-state index is 13.9. The molecule has 2 aromatic heterocycles. The lowest BCUT2D eigenvalue weighted by Gasteiger charge is -2.35. The summed E-state index contributed by atoms with van der Waals surface area (Å²) in [5, 5.41) is 34.7. The van der Waals surface area contributed by atoms with Crippen molar-refractivity contribution >= 4 is 24.0 Å². The number of hydrogen-bond donors (Lipinski definition) is 6. The molecular weight excluding hydrogens is 716 g/mol. The third-order valence-corrected chi connectivity index (χ3v) is 9.03. The minimum atomic E-state index is -1.62. The number of pyridine rings is 2. The van der Waals surface area contributed by atoms with Crippen LogP contribution in [0.1, 0.15) is 50.2 Å². The van der Waals surface area contributed by atoms with Crippen molar-refractivity contribution in [3.05, 3.63) is 132 Å². The highest BCUT2D eigenvalue weighted by molar-refractivity contribution is 5.87.